The highest BCUT2D eigenvalue weighted by molar-refractivity contribution is 5.85. The second-order valence-electron chi connectivity index (χ2n) is 5.02. The van der Waals surface area contributed by atoms with E-state index in [1.54, 1.807) is 0 Å². The van der Waals surface area contributed by atoms with Gasteiger partial charge in [0.25, 0.3) is 5.91 Å². The molecule has 0 aliphatic carbocycles. The highest BCUT2D eigenvalue weighted by atomic mass is 16.6. The van der Waals surface area contributed by atoms with Crippen molar-refractivity contribution in [3.8, 4) is 5.75 Å². The first kappa shape index (κ1) is 16.9. The summed E-state index contributed by atoms with van der Waals surface area (Å²) in [6.07, 6.45) is 1.28. The molecule has 8 nitrogen and oxygen atoms in total. The Bertz CT molecular complexity index is 772. The quantitative estimate of drug-likeness (QED) is 0.427. The molecule has 2 rings (SSSR count). The second-order valence-corrected chi connectivity index (χ2v) is 5.02. The van der Waals surface area contributed by atoms with Gasteiger partial charge in [0.1, 0.15) is 0 Å². The van der Waals surface area contributed by atoms with Crippen LogP contribution in [0.1, 0.15) is 11.1 Å². The standard InChI is InChI=1S/C16H16N4O4/c1-11-2-5-13(6-3-11)17-10-16(22)19-18-9-12-4-7-14(20(23)24)15(21)8-12/h2-9,17,21H,10H2,1H3,(H,19,22)/b18-9-. The lowest BCUT2D eigenvalue weighted by molar-refractivity contribution is -0.385. The van der Waals surface area contributed by atoms with E-state index >= 15 is 0 Å². The summed E-state index contributed by atoms with van der Waals surface area (Å²) >= 11 is 0. The van der Waals surface area contributed by atoms with Crippen molar-refractivity contribution in [3.05, 3.63) is 63.7 Å². The molecule has 2 aromatic rings. The van der Waals surface area contributed by atoms with Crippen molar-refractivity contribution in [1.29, 1.82) is 0 Å². The molecule has 0 radical (unpaired) electrons. The number of nitro groups is 1. The van der Waals surface area contributed by atoms with Crippen molar-refractivity contribution in [1.82, 2.24) is 5.43 Å². The number of phenolic OH excluding ortho intramolecular Hbond substituents is 1. The molecular weight excluding hydrogens is 312 g/mol. The zero-order valence-electron chi connectivity index (χ0n) is 12.9. The first-order chi connectivity index (χ1) is 11.5. The fourth-order valence-corrected chi connectivity index (χ4v) is 1.85. The van der Waals surface area contributed by atoms with Gasteiger partial charge in [-0.15, -0.1) is 0 Å². The Morgan fingerprint density at radius 3 is 2.62 bits per heavy atom. The lowest BCUT2D eigenvalue weighted by atomic mass is 10.2. The minimum absolute atomic E-state index is 0.0475. The van der Waals surface area contributed by atoms with Crippen LogP contribution in [-0.2, 0) is 4.79 Å². The Morgan fingerprint density at radius 2 is 2.00 bits per heavy atom. The molecule has 2 aromatic carbocycles. The maximum absolute atomic E-state index is 11.7. The van der Waals surface area contributed by atoms with E-state index in [2.05, 4.69) is 15.8 Å². The average molecular weight is 328 g/mol. The molecule has 0 atom stereocenters. The molecule has 0 saturated carbocycles. The minimum atomic E-state index is -0.686. The first-order valence-electron chi connectivity index (χ1n) is 7.05. The Morgan fingerprint density at radius 1 is 1.29 bits per heavy atom. The molecule has 24 heavy (non-hydrogen) atoms. The molecular formula is C16H16N4O4. The van der Waals surface area contributed by atoms with Crippen molar-refractivity contribution in [2.75, 3.05) is 11.9 Å². The summed E-state index contributed by atoms with van der Waals surface area (Å²) in [7, 11) is 0. The number of hydrazone groups is 1. The fraction of sp³-hybridized carbons (Fsp3) is 0.125. The van der Waals surface area contributed by atoms with Gasteiger partial charge in [0.15, 0.2) is 5.75 Å². The molecule has 0 aliphatic heterocycles. The van der Waals surface area contributed by atoms with Crippen LogP contribution >= 0.6 is 0 Å². The van der Waals surface area contributed by atoms with E-state index in [1.807, 2.05) is 31.2 Å². The number of carbonyl (C=O) groups is 1. The lowest BCUT2D eigenvalue weighted by Crippen LogP contribution is -2.25. The van der Waals surface area contributed by atoms with Gasteiger partial charge in [0, 0.05) is 11.8 Å². The predicted octanol–water partition coefficient (Wildman–Crippen LogP) is 2.17. The number of anilines is 1. The number of benzene rings is 2. The maximum Gasteiger partial charge on any atom is 0.310 e. The molecule has 0 fully saturated rings. The first-order valence-corrected chi connectivity index (χ1v) is 7.05. The van der Waals surface area contributed by atoms with Gasteiger partial charge in [-0.2, -0.15) is 5.10 Å². The monoisotopic (exact) mass is 328 g/mol. The number of rotatable bonds is 6. The van der Waals surface area contributed by atoms with Crippen LogP contribution < -0.4 is 10.7 Å². The van der Waals surface area contributed by atoms with Gasteiger partial charge in [-0.25, -0.2) is 5.43 Å². The Hall–Kier alpha value is -3.42. The molecule has 0 aliphatic rings. The molecule has 0 saturated heterocycles. The molecule has 0 unspecified atom stereocenters. The van der Waals surface area contributed by atoms with E-state index < -0.39 is 16.4 Å². The number of aromatic hydroxyl groups is 1. The molecule has 0 aromatic heterocycles. The number of hydrogen-bond acceptors (Lipinski definition) is 6. The minimum Gasteiger partial charge on any atom is -0.502 e. The fourth-order valence-electron chi connectivity index (χ4n) is 1.85. The van der Waals surface area contributed by atoms with Gasteiger partial charge in [-0.3, -0.25) is 14.9 Å². The topological polar surface area (TPSA) is 117 Å². The largest absolute Gasteiger partial charge is 0.502 e. The third-order valence-corrected chi connectivity index (χ3v) is 3.10. The Balaban J connectivity index is 1.84. The molecule has 8 heteroatoms. The molecule has 0 heterocycles. The number of aryl methyl sites for hydroxylation is 1. The Labute approximate surface area is 138 Å². The average Bonchev–Trinajstić information content (AvgIpc) is 2.54. The van der Waals surface area contributed by atoms with Gasteiger partial charge < -0.3 is 10.4 Å². The van der Waals surface area contributed by atoms with Crippen LogP contribution in [0.2, 0.25) is 0 Å². The van der Waals surface area contributed by atoms with E-state index in [4.69, 9.17) is 0 Å². The Kier molecular flexibility index (Phi) is 5.45. The van der Waals surface area contributed by atoms with Crippen LogP contribution in [0, 0.1) is 17.0 Å². The smallest absolute Gasteiger partial charge is 0.310 e. The van der Waals surface area contributed by atoms with Gasteiger partial charge in [-0.1, -0.05) is 17.7 Å². The van der Waals surface area contributed by atoms with Crippen molar-refractivity contribution in [3.63, 3.8) is 0 Å². The van der Waals surface area contributed by atoms with E-state index in [9.17, 15) is 20.0 Å². The number of nitro benzene ring substituents is 1. The van der Waals surface area contributed by atoms with E-state index in [-0.39, 0.29) is 12.5 Å². The maximum atomic E-state index is 11.7. The van der Waals surface area contributed by atoms with E-state index in [0.29, 0.717) is 5.56 Å². The van der Waals surface area contributed by atoms with E-state index in [1.165, 1.54) is 18.3 Å². The van der Waals surface area contributed by atoms with Gasteiger partial charge in [-0.05, 0) is 36.8 Å². The number of amides is 1. The van der Waals surface area contributed by atoms with Crippen LogP contribution in [0.5, 0.6) is 5.75 Å². The summed E-state index contributed by atoms with van der Waals surface area (Å²) in [6.45, 7) is 2.02. The van der Waals surface area contributed by atoms with Crippen LogP contribution in [0.3, 0.4) is 0 Å². The summed E-state index contributed by atoms with van der Waals surface area (Å²) in [6, 6.07) is 11.4. The van der Waals surface area contributed by atoms with Crippen molar-refractivity contribution in [2.45, 2.75) is 6.92 Å². The number of carbonyl (C=O) groups excluding carboxylic acids is 1. The van der Waals surface area contributed by atoms with Gasteiger partial charge >= 0.3 is 5.69 Å². The summed E-state index contributed by atoms with van der Waals surface area (Å²) in [5.74, 6) is -0.811. The lowest BCUT2D eigenvalue weighted by Gasteiger charge is -2.05. The summed E-state index contributed by atoms with van der Waals surface area (Å²) in [5, 5.41) is 26.8. The van der Waals surface area contributed by atoms with Crippen LogP contribution in [0.4, 0.5) is 11.4 Å². The highest BCUT2D eigenvalue weighted by Crippen LogP contribution is 2.25. The molecule has 1 amide bonds. The summed E-state index contributed by atoms with van der Waals surface area (Å²) in [4.78, 5) is 21.6. The summed E-state index contributed by atoms with van der Waals surface area (Å²) in [5.41, 5.74) is 4.30. The van der Waals surface area contributed by atoms with Gasteiger partial charge in [0.05, 0.1) is 17.7 Å². The SMILES string of the molecule is Cc1ccc(NCC(=O)N/N=C\c2ccc([N+](=O)[O-])c(O)c2)cc1. The van der Waals surface area contributed by atoms with Crippen molar-refractivity contribution in [2.24, 2.45) is 5.10 Å². The van der Waals surface area contributed by atoms with Crippen molar-refractivity contribution >= 4 is 23.5 Å². The second kappa shape index (κ2) is 7.73. The molecule has 0 bridgehead atoms. The summed E-state index contributed by atoms with van der Waals surface area (Å²) < 4.78 is 0. The number of phenols is 1. The normalized spacial score (nSPS) is 10.5. The molecule has 0 spiro atoms. The third-order valence-electron chi connectivity index (χ3n) is 3.10. The van der Waals surface area contributed by atoms with Gasteiger partial charge in [0.2, 0.25) is 0 Å². The number of nitrogens with one attached hydrogen (secondary N) is 2. The zero-order valence-corrected chi connectivity index (χ0v) is 12.9. The number of nitrogens with zero attached hydrogens (tertiary/aromatic N) is 2. The van der Waals surface area contributed by atoms with E-state index in [0.717, 1.165) is 17.3 Å². The van der Waals surface area contributed by atoms with Crippen LogP contribution in [-0.4, -0.2) is 28.7 Å². The third kappa shape index (κ3) is 4.80. The van der Waals surface area contributed by atoms with Crippen molar-refractivity contribution < 1.29 is 14.8 Å². The molecule has 3 N–H and O–H groups in total. The van der Waals surface area contributed by atoms with Crippen LogP contribution in [0.25, 0.3) is 0 Å². The predicted molar refractivity (Wildman–Crippen MR) is 90.2 cm³/mol. The highest BCUT2D eigenvalue weighted by Gasteiger charge is 2.12. The molecule has 124 valence electrons. The van der Waals surface area contributed by atoms with Crippen LogP contribution in [0.15, 0.2) is 47.6 Å². The number of hydrogen-bond donors (Lipinski definition) is 3. The zero-order chi connectivity index (χ0) is 17.5.